The Bertz CT molecular complexity index is 891. The van der Waals surface area contributed by atoms with E-state index in [9.17, 15) is 4.79 Å². The summed E-state index contributed by atoms with van der Waals surface area (Å²) in [7, 11) is 0. The molecule has 3 aromatic rings. The van der Waals surface area contributed by atoms with E-state index in [1.165, 1.54) is 16.8 Å². The molecule has 0 saturated carbocycles. The van der Waals surface area contributed by atoms with Crippen LogP contribution in [-0.2, 0) is 17.6 Å². The number of hydrogen-bond acceptors (Lipinski definition) is 3. The largest absolute Gasteiger partial charge is 0.326 e. The Hall–Kier alpha value is -3.14. The lowest BCUT2D eigenvalue weighted by Crippen LogP contribution is -2.16. The number of nitrogens with one attached hydrogen (secondary N) is 1. The van der Waals surface area contributed by atoms with E-state index < -0.39 is 0 Å². The second-order valence-electron chi connectivity index (χ2n) is 6.47. The van der Waals surface area contributed by atoms with Gasteiger partial charge in [0.2, 0.25) is 5.91 Å². The fourth-order valence-electron chi connectivity index (χ4n) is 3.32. The number of fused-ring (bicyclic) bond motifs is 1. The SMILES string of the molecule is O=C(CCc1ccccc1)Nc1ccc(N2CCc3ccccc32)nc1. The van der Waals surface area contributed by atoms with Gasteiger partial charge in [-0.1, -0.05) is 48.5 Å². The van der Waals surface area contributed by atoms with Gasteiger partial charge in [0.1, 0.15) is 5.82 Å². The molecule has 2 aromatic carbocycles. The van der Waals surface area contributed by atoms with Crippen molar-refractivity contribution in [2.24, 2.45) is 0 Å². The Labute approximate surface area is 153 Å². The summed E-state index contributed by atoms with van der Waals surface area (Å²) in [5.41, 5.74) is 4.48. The smallest absolute Gasteiger partial charge is 0.224 e. The molecule has 1 N–H and O–H groups in total. The van der Waals surface area contributed by atoms with E-state index in [4.69, 9.17) is 0 Å². The third kappa shape index (κ3) is 3.59. The van der Waals surface area contributed by atoms with Crippen molar-refractivity contribution in [1.29, 1.82) is 0 Å². The summed E-state index contributed by atoms with van der Waals surface area (Å²) in [5.74, 6) is 0.923. The molecule has 26 heavy (non-hydrogen) atoms. The van der Waals surface area contributed by atoms with Crippen LogP contribution in [0.5, 0.6) is 0 Å². The van der Waals surface area contributed by atoms with E-state index in [-0.39, 0.29) is 5.91 Å². The Morgan fingerprint density at radius 1 is 1.00 bits per heavy atom. The van der Waals surface area contributed by atoms with Crippen LogP contribution in [0.4, 0.5) is 17.2 Å². The third-order valence-electron chi connectivity index (χ3n) is 4.68. The summed E-state index contributed by atoms with van der Waals surface area (Å²) in [6, 6.07) is 22.4. The number of hydrogen-bond donors (Lipinski definition) is 1. The molecule has 0 unspecified atom stereocenters. The minimum atomic E-state index is 0.00919. The van der Waals surface area contributed by atoms with Gasteiger partial charge < -0.3 is 10.2 Å². The number of aromatic nitrogens is 1. The van der Waals surface area contributed by atoms with Crippen LogP contribution in [0.3, 0.4) is 0 Å². The average molecular weight is 343 g/mol. The molecule has 2 heterocycles. The van der Waals surface area contributed by atoms with Crippen LogP contribution in [0.1, 0.15) is 17.5 Å². The fourth-order valence-corrected chi connectivity index (χ4v) is 3.32. The number of carbonyl (C=O) groups is 1. The van der Waals surface area contributed by atoms with E-state index >= 15 is 0 Å². The number of carbonyl (C=O) groups excluding carboxylic acids is 1. The van der Waals surface area contributed by atoms with Crippen molar-refractivity contribution in [2.45, 2.75) is 19.3 Å². The number of benzene rings is 2. The number of pyridine rings is 1. The van der Waals surface area contributed by atoms with Crippen LogP contribution < -0.4 is 10.2 Å². The van der Waals surface area contributed by atoms with Gasteiger partial charge >= 0.3 is 0 Å². The number of rotatable bonds is 5. The molecule has 0 spiro atoms. The molecule has 1 aliphatic heterocycles. The monoisotopic (exact) mass is 343 g/mol. The predicted octanol–water partition coefficient (Wildman–Crippen LogP) is 4.35. The minimum absolute atomic E-state index is 0.00919. The molecule has 4 heteroatoms. The second-order valence-corrected chi connectivity index (χ2v) is 6.47. The summed E-state index contributed by atoms with van der Waals surface area (Å²) in [5, 5.41) is 2.93. The van der Waals surface area contributed by atoms with Gasteiger partial charge in [0.15, 0.2) is 0 Å². The number of anilines is 3. The summed E-state index contributed by atoms with van der Waals surface area (Å²) in [6.07, 6.45) is 3.97. The molecule has 0 saturated heterocycles. The van der Waals surface area contributed by atoms with E-state index in [1.54, 1.807) is 6.20 Å². The van der Waals surface area contributed by atoms with Gasteiger partial charge in [0.25, 0.3) is 0 Å². The summed E-state index contributed by atoms with van der Waals surface area (Å²) in [6.45, 7) is 0.940. The Balaban J connectivity index is 1.37. The Kier molecular flexibility index (Phi) is 4.65. The van der Waals surface area contributed by atoms with E-state index in [0.717, 1.165) is 30.9 Å². The van der Waals surface area contributed by atoms with Crippen LogP contribution in [0, 0.1) is 0 Å². The molecule has 4 nitrogen and oxygen atoms in total. The highest BCUT2D eigenvalue weighted by atomic mass is 16.1. The zero-order valence-electron chi connectivity index (χ0n) is 14.6. The molecule has 130 valence electrons. The van der Waals surface area contributed by atoms with Crippen LogP contribution in [0.2, 0.25) is 0 Å². The first-order valence-electron chi connectivity index (χ1n) is 8.95. The highest BCUT2D eigenvalue weighted by Crippen LogP contribution is 2.33. The van der Waals surface area contributed by atoms with E-state index in [0.29, 0.717) is 6.42 Å². The van der Waals surface area contributed by atoms with Crippen molar-refractivity contribution >= 4 is 23.1 Å². The number of para-hydroxylation sites is 1. The average Bonchev–Trinajstić information content (AvgIpc) is 3.12. The molecular formula is C22H21N3O. The fraction of sp³-hybridized carbons (Fsp3) is 0.182. The lowest BCUT2D eigenvalue weighted by atomic mass is 10.1. The van der Waals surface area contributed by atoms with Crippen LogP contribution in [0.25, 0.3) is 0 Å². The first-order chi connectivity index (χ1) is 12.8. The molecular weight excluding hydrogens is 322 g/mol. The third-order valence-corrected chi connectivity index (χ3v) is 4.68. The highest BCUT2D eigenvalue weighted by molar-refractivity contribution is 5.90. The van der Waals surface area contributed by atoms with Gasteiger partial charge in [-0.05, 0) is 42.2 Å². The lowest BCUT2D eigenvalue weighted by molar-refractivity contribution is -0.116. The van der Waals surface area contributed by atoms with Crippen LogP contribution in [-0.4, -0.2) is 17.4 Å². The molecule has 0 fully saturated rings. The maximum absolute atomic E-state index is 12.1. The normalized spacial score (nSPS) is 12.7. The van der Waals surface area contributed by atoms with Crippen molar-refractivity contribution in [3.63, 3.8) is 0 Å². The summed E-state index contributed by atoms with van der Waals surface area (Å²) >= 11 is 0. The second kappa shape index (κ2) is 7.40. The van der Waals surface area contributed by atoms with Gasteiger partial charge in [-0.25, -0.2) is 4.98 Å². The van der Waals surface area contributed by atoms with Gasteiger partial charge in [-0.15, -0.1) is 0 Å². The number of amides is 1. The van der Waals surface area contributed by atoms with E-state index in [2.05, 4.69) is 39.5 Å². The molecule has 0 bridgehead atoms. The molecule has 1 aliphatic rings. The maximum atomic E-state index is 12.1. The molecule has 1 amide bonds. The standard InChI is InChI=1S/C22H21N3O/c26-22(13-10-17-6-2-1-3-7-17)24-19-11-12-21(23-16-19)25-15-14-18-8-4-5-9-20(18)25/h1-9,11-12,16H,10,13-15H2,(H,24,26). The molecule has 4 rings (SSSR count). The van der Waals surface area contributed by atoms with Gasteiger partial charge in [0.05, 0.1) is 11.9 Å². The molecule has 0 aliphatic carbocycles. The van der Waals surface area contributed by atoms with Crippen LogP contribution >= 0.6 is 0 Å². The first kappa shape index (κ1) is 16.3. The van der Waals surface area contributed by atoms with Crippen molar-refractivity contribution in [2.75, 3.05) is 16.8 Å². The Morgan fingerprint density at radius 3 is 2.62 bits per heavy atom. The molecule has 0 radical (unpaired) electrons. The molecule has 1 aromatic heterocycles. The van der Waals surface area contributed by atoms with Crippen molar-refractivity contribution < 1.29 is 4.79 Å². The van der Waals surface area contributed by atoms with Crippen LogP contribution in [0.15, 0.2) is 72.9 Å². The molecule has 0 atom stereocenters. The Morgan fingerprint density at radius 2 is 1.81 bits per heavy atom. The highest BCUT2D eigenvalue weighted by Gasteiger charge is 2.20. The number of nitrogens with zero attached hydrogens (tertiary/aromatic N) is 2. The summed E-state index contributed by atoms with van der Waals surface area (Å²) < 4.78 is 0. The predicted molar refractivity (Wildman–Crippen MR) is 105 cm³/mol. The topological polar surface area (TPSA) is 45.2 Å². The van der Waals surface area contributed by atoms with Gasteiger partial charge in [-0.3, -0.25) is 4.79 Å². The number of aryl methyl sites for hydroxylation is 1. The van der Waals surface area contributed by atoms with E-state index in [1.807, 2.05) is 42.5 Å². The zero-order valence-corrected chi connectivity index (χ0v) is 14.6. The van der Waals surface area contributed by atoms with Crippen molar-refractivity contribution in [3.05, 3.63) is 84.1 Å². The maximum Gasteiger partial charge on any atom is 0.224 e. The van der Waals surface area contributed by atoms with Crippen molar-refractivity contribution in [1.82, 2.24) is 4.98 Å². The van der Waals surface area contributed by atoms with Gasteiger partial charge in [0, 0.05) is 18.7 Å². The van der Waals surface area contributed by atoms with Gasteiger partial charge in [-0.2, -0.15) is 0 Å². The first-order valence-corrected chi connectivity index (χ1v) is 8.95. The van der Waals surface area contributed by atoms with Crippen molar-refractivity contribution in [3.8, 4) is 0 Å². The summed E-state index contributed by atoms with van der Waals surface area (Å²) in [4.78, 5) is 18.9. The zero-order chi connectivity index (χ0) is 17.8. The lowest BCUT2D eigenvalue weighted by Gasteiger charge is -2.18. The quantitative estimate of drug-likeness (QED) is 0.749. The minimum Gasteiger partial charge on any atom is -0.326 e.